The zero-order valence-electron chi connectivity index (χ0n) is 18.2. The van der Waals surface area contributed by atoms with Crippen molar-refractivity contribution in [2.75, 3.05) is 17.8 Å². The van der Waals surface area contributed by atoms with Crippen LogP contribution in [-0.4, -0.2) is 36.3 Å². The van der Waals surface area contributed by atoms with Crippen LogP contribution in [0.4, 0.5) is 5.69 Å². The lowest BCUT2D eigenvalue weighted by Crippen LogP contribution is -2.16. The van der Waals surface area contributed by atoms with E-state index >= 15 is 0 Å². The van der Waals surface area contributed by atoms with Crippen LogP contribution in [0.2, 0.25) is 5.02 Å². The summed E-state index contributed by atoms with van der Waals surface area (Å²) in [6.45, 7) is 7.99. The second kappa shape index (κ2) is 9.39. The smallest absolute Gasteiger partial charge is 0.261 e. The van der Waals surface area contributed by atoms with E-state index in [0.29, 0.717) is 22.1 Å². The van der Waals surface area contributed by atoms with Crippen molar-refractivity contribution in [3.8, 4) is 11.4 Å². The van der Waals surface area contributed by atoms with Crippen molar-refractivity contribution in [3.05, 3.63) is 59.4 Å². The van der Waals surface area contributed by atoms with E-state index in [1.165, 1.54) is 0 Å². The van der Waals surface area contributed by atoms with Crippen LogP contribution in [0, 0.1) is 0 Å². The van der Waals surface area contributed by atoms with Crippen molar-refractivity contribution in [2.24, 2.45) is 0 Å². The molecule has 1 saturated heterocycles. The van der Waals surface area contributed by atoms with Crippen LogP contribution < -0.4 is 10.0 Å². The van der Waals surface area contributed by atoms with Crippen LogP contribution in [0.15, 0.2) is 53.7 Å². The third-order valence-corrected chi connectivity index (χ3v) is 7.11. The number of benzene rings is 2. The molecule has 2 N–H and O–H groups in total. The van der Waals surface area contributed by atoms with Gasteiger partial charge in [0, 0.05) is 17.1 Å². The van der Waals surface area contributed by atoms with Crippen molar-refractivity contribution in [1.82, 2.24) is 20.1 Å². The molecular formula is C22H27Cl2N5O2S. The summed E-state index contributed by atoms with van der Waals surface area (Å²) in [5, 5.41) is 12.2. The topological polar surface area (TPSA) is 88.9 Å². The van der Waals surface area contributed by atoms with E-state index in [2.05, 4.69) is 41.0 Å². The monoisotopic (exact) mass is 495 g/mol. The molecule has 1 aliphatic heterocycles. The summed E-state index contributed by atoms with van der Waals surface area (Å²) in [6, 6.07) is 12.2. The SMILES string of the molecule is CC(C)(C)c1ccc(S(=O)(=O)Nc2ccc(Cl)cc2-c2nncn2C2CCNC2)cc1.Cl. The van der Waals surface area contributed by atoms with Crippen molar-refractivity contribution in [3.63, 3.8) is 0 Å². The highest BCUT2D eigenvalue weighted by molar-refractivity contribution is 7.92. The molecule has 0 aliphatic carbocycles. The summed E-state index contributed by atoms with van der Waals surface area (Å²) in [5.41, 5.74) is 2.01. The molecule has 7 nitrogen and oxygen atoms in total. The predicted octanol–water partition coefficient (Wildman–Crippen LogP) is 4.65. The molecule has 1 aliphatic rings. The molecule has 4 rings (SSSR count). The first-order valence-corrected chi connectivity index (χ1v) is 12.0. The zero-order chi connectivity index (χ0) is 22.2. The van der Waals surface area contributed by atoms with Gasteiger partial charge in [-0.15, -0.1) is 22.6 Å². The number of aromatic nitrogens is 3. The summed E-state index contributed by atoms with van der Waals surface area (Å²) in [7, 11) is -3.80. The van der Waals surface area contributed by atoms with Gasteiger partial charge in [0.1, 0.15) is 6.33 Å². The molecule has 0 bridgehead atoms. The van der Waals surface area contributed by atoms with Crippen molar-refractivity contribution in [1.29, 1.82) is 0 Å². The molecular weight excluding hydrogens is 469 g/mol. The summed E-state index contributed by atoms with van der Waals surface area (Å²) < 4.78 is 30.9. The van der Waals surface area contributed by atoms with Gasteiger partial charge >= 0.3 is 0 Å². The fraction of sp³-hybridized carbons (Fsp3) is 0.364. The molecule has 1 aromatic heterocycles. The van der Waals surface area contributed by atoms with Gasteiger partial charge in [0.25, 0.3) is 10.0 Å². The van der Waals surface area contributed by atoms with Gasteiger partial charge < -0.3 is 9.88 Å². The fourth-order valence-corrected chi connectivity index (χ4v) is 4.96. The Bertz CT molecular complexity index is 1180. The molecule has 0 saturated carbocycles. The van der Waals surface area contributed by atoms with Gasteiger partial charge in [0.2, 0.25) is 0 Å². The van der Waals surface area contributed by atoms with Crippen LogP contribution in [-0.2, 0) is 15.4 Å². The summed E-state index contributed by atoms with van der Waals surface area (Å²) in [4.78, 5) is 0.197. The number of nitrogens with zero attached hydrogens (tertiary/aromatic N) is 3. The number of hydrogen-bond donors (Lipinski definition) is 2. The van der Waals surface area contributed by atoms with Gasteiger partial charge in [-0.2, -0.15) is 0 Å². The first kappa shape index (κ1) is 24.5. The van der Waals surface area contributed by atoms with E-state index < -0.39 is 10.0 Å². The lowest BCUT2D eigenvalue weighted by molar-refractivity contribution is 0.550. The minimum atomic E-state index is -3.80. The van der Waals surface area contributed by atoms with Crippen molar-refractivity contribution in [2.45, 2.75) is 43.5 Å². The van der Waals surface area contributed by atoms with Crippen molar-refractivity contribution < 1.29 is 8.42 Å². The Balaban J connectivity index is 0.00000289. The molecule has 2 heterocycles. The van der Waals surface area contributed by atoms with Gasteiger partial charge in [-0.05, 0) is 54.3 Å². The number of anilines is 1. The first-order valence-electron chi connectivity index (χ1n) is 10.2. The second-order valence-electron chi connectivity index (χ2n) is 8.78. The van der Waals surface area contributed by atoms with E-state index in [1.54, 1.807) is 36.7 Å². The highest BCUT2D eigenvalue weighted by Gasteiger charge is 2.24. The predicted molar refractivity (Wildman–Crippen MR) is 130 cm³/mol. The fourth-order valence-electron chi connectivity index (χ4n) is 3.71. The Labute approximate surface area is 200 Å². The lowest BCUT2D eigenvalue weighted by atomic mass is 9.87. The maximum Gasteiger partial charge on any atom is 0.261 e. The van der Waals surface area contributed by atoms with Gasteiger partial charge in [-0.25, -0.2) is 8.42 Å². The number of rotatable bonds is 5. The molecule has 2 aromatic carbocycles. The maximum absolute atomic E-state index is 13.1. The molecule has 0 amide bonds. The summed E-state index contributed by atoms with van der Waals surface area (Å²) >= 11 is 6.25. The first-order chi connectivity index (χ1) is 14.6. The van der Waals surface area contributed by atoms with E-state index in [0.717, 1.165) is 25.1 Å². The second-order valence-corrected chi connectivity index (χ2v) is 10.9. The van der Waals surface area contributed by atoms with E-state index in [1.807, 2.05) is 16.7 Å². The summed E-state index contributed by atoms with van der Waals surface area (Å²) in [6.07, 6.45) is 2.63. The van der Waals surface area contributed by atoms with Gasteiger partial charge in [-0.1, -0.05) is 44.5 Å². The Kier molecular flexibility index (Phi) is 7.19. The number of halogens is 2. The molecule has 1 atom stereocenters. The zero-order valence-corrected chi connectivity index (χ0v) is 20.6. The Hall–Kier alpha value is -2.13. The molecule has 0 radical (unpaired) electrons. The van der Waals surface area contributed by atoms with Crippen LogP contribution in [0.1, 0.15) is 38.8 Å². The largest absolute Gasteiger partial charge is 0.315 e. The van der Waals surface area contributed by atoms with Gasteiger partial charge in [0.05, 0.1) is 16.6 Å². The molecule has 3 aromatic rings. The third-order valence-electron chi connectivity index (χ3n) is 5.50. The normalized spacial score (nSPS) is 16.6. The quantitative estimate of drug-likeness (QED) is 0.537. The Morgan fingerprint density at radius 1 is 1.16 bits per heavy atom. The minimum absolute atomic E-state index is 0. The number of nitrogens with one attached hydrogen (secondary N) is 2. The van der Waals surface area contributed by atoms with Crippen LogP contribution in [0.25, 0.3) is 11.4 Å². The van der Waals surface area contributed by atoms with Crippen LogP contribution in [0.5, 0.6) is 0 Å². The molecule has 1 unspecified atom stereocenters. The molecule has 1 fully saturated rings. The average Bonchev–Trinajstić information content (AvgIpc) is 3.40. The van der Waals surface area contributed by atoms with E-state index in [-0.39, 0.29) is 28.8 Å². The molecule has 32 heavy (non-hydrogen) atoms. The highest BCUT2D eigenvalue weighted by atomic mass is 35.5. The minimum Gasteiger partial charge on any atom is -0.315 e. The standard InChI is InChI=1S/C22H26ClN5O2S.ClH/c1-22(2,3)15-4-7-18(8-5-15)31(29,30)27-20-9-6-16(23)12-19(20)21-26-25-14-28(21)17-10-11-24-13-17;/h4-9,12,14,17,24,27H,10-11,13H2,1-3H3;1H. The van der Waals surface area contributed by atoms with Crippen LogP contribution in [0.3, 0.4) is 0 Å². The Morgan fingerprint density at radius 2 is 1.88 bits per heavy atom. The maximum atomic E-state index is 13.1. The van der Waals surface area contributed by atoms with E-state index in [4.69, 9.17) is 11.6 Å². The Morgan fingerprint density at radius 3 is 2.50 bits per heavy atom. The molecule has 0 spiro atoms. The molecule has 172 valence electrons. The summed E-state index contributed by atoms with van der Waals surface area (Å²) in [5.74, 6) is 0.581. The van der Waals surface area contributed by atoms with E-state index in [9.17, 15) is 8.42 Å². The van der Waals surface area contributed by atoms with Crippen LogP contribution >= 0.6 is 24.0 Å². The van der Waals surface area contributed by atoms with Crippen molar-refractivity contribution >= 4 is 39.7 Å². The highest BCUT2D eigenvalue weighted by Crippen LogP contribution is 2.33. The number of hydrogen-bond acceptors (Lipinski definition) is 5. The van der Waals surface area contributed by atoms with Gasteiger partial charge in [0.15, 0.2) is 5.82 Å². The third kappa shape index (κ3) is 5.09. The van der Waals surface area contributed by atoms with Gasteiger partial charge in [-0.3, -0.25) is 4.72 Å². The molecule has 10 heteroatoms. The number of sulfonamides is 1. The lowest BCUT2D eigenvalue weighted by Gasteiger charge is -2.19. The average molecular weight is 496 g/mol.